The lowest BCUT2D eigenvalue weighted by Crippen LogP contribution is -2.25. The Morgan fingerprint density at radius 3 is 2.28 bits per heavy atom. The van der Waals surface area contributed by atoms with Crippen molar-refractivity contribution in [1.82, 2.24) is 9.97 Å². The number of rotatable bonds is 10. The van der Waals surface area contributed by atoms with Gasteiger partial charge in [0.15, 0.2) is 11.9 Å². The molecule has 4 aromatic rings. The van der Waals surface area contributed by atoms with Crippen LogP contribution in [0.4, 0.5) is 11.5 Å². The summed E-state index contributed by atoms with van der Waals surface area (Å²) in [6.45, 7) is 3.66. The van der Waals surface area contributed by atoms with Gasteiger partial charge in [-0.2, -0.15) is 0 Å². The number of anilines is 2. The number of amides is 1. The molecule has 0 spiro atoms. The summed E-state index contributed by atoms with van der Waals surface area (Å²) in [5.74, 6) is -0.441. The SMILES string of the molecule is CC(C)O[C@@H](C(=O)Nc1cccc(-c2nc(NC(P(=O)(O)O)P(=O)(O)O)c3ccsc3n2)c1)c1ccccc1. The zero-order valence-corrected chi connectivity index (χ0v) is 23.3. The molecule has 0 bridgehead atoms. The lowest BCUT2D eigenvalue weighted by atomic mass is 10.1. The summed E-state index contributed by atoms with van der Waals surface area (Å²) in [7, 11) is -10.5. The number of hydrogen-bond donors (Lipinski definition) is 6. The van der Waals surface area contributed by atoms with Crippen LogP contribution in [0.3, 0.4) is 0 Å². The molecular weight excluding hydrogens is 566 g/mol. The summed E-state index contributed by atoms with van der Waals surface area (Å²) in [6.07, 6.45) is -1.07. The van der Waals surface area contributed by atoms with Gasteiger partial charge in [-0.05, 0) is 43.0 Å². The Morgan fingerprint density at radius 1 is 0.949 bits per heavy atom. The van der Waals surface area contributed by atoms with Gasteiger partial charge in [-0.15, -0.1) is 11.3 Å². The van der Waals surface area contributed by atoms with Crippen LogP contribution in [-0.4, -0.2) is 47.1 Å². The molecule has 0 aliphatic rings. The van der Waals surface area contributed by atoms with Gasteiger partial charge in [0.05, 0.1) is 11.5 Å². The molecule has 2 aromatic carbocycles. The smallest absolute Gasteiger partial charge is 0.360 e. The predicted octanol–water partition coefficient (Wildman–Crippen LogP) is 4.51. The standard InChI is InChI=1S/C24H26N4O8P2S/c1-14(2)36-19(15-7-4-3-5-8-15)22(29)25-17-10-6-9-16(13-17)20-26-21(18-11-12-39-23(18)27-20)28-24(37(30,31)32)38(33,34)35/h3-14,19,24H,1-2H3,(H,25,29)(H,26,27,28)(H2,30,31,32)(H2,33,34,35)/t19-/m1/s1. The van der Waals surface area contributed by atoms with Crippen LogP contribution in [0.1, 0.15) is 25.5 Å². The molecule has 2 heterocycles. The zero-order chi connectivity index (χ0) is 28.4. The van der Waals surface area contributed by atoms with E-state index in [1.54, 1.807) is 47.8 Å². The van der Waals surface area contributed by atoms with Crippen molar-refractivity contribution in [2.24, 2.45) is 0 Å². The van der Waals surface area contributed by atoms with Crippen LogP contribution in [0.15, 0.2) is 66.0 Å². The van der Waals surface area contributed by atoms with E-state index in [1.165, 1.54) is 11.3 Å². The number of carbonyl (C=O) groups is 1. The number of hydrogen-bond acceptors (Lipinski definition) is 8. The third kappa shape index (κ3) is 7.16. The highest BCUT2D eigenvalue weighted by molar-refractivity contribution is 7.71. The Hall–Kier alpha value is -2.99. The summed E-state index contributed by atoms with van der Waals surface area (Å²) in [6, 6.07) is 17.2. The third-order valence-corrected chi connectivity index (χ3v) is 9.51. The normalized spacial score (nSPS) is 13.1. The van der Waals surface area contributed by atoms with E-state index in [0.29, 0.717) is 27.0 Å². The second-order valence-electron chi connectivity index (χ2n) is 8.78. The number of aromatic nitrogens is 2. The second kappa shape index (κ2) is 11.6. The first-order valence-electron chi connectivity index (χ1n) is 11.6. The molecule has 0 aliphatic heterocycles. The fourth-order valence-corrected chi connectivity index (χ4v) is 6.63. The molecule has 2 aromatic heterocycles. The number of nitrogens with one attached hydrogen (secondary N) is 2. The molecule has 0 saturated carbocycles. The number of ether oxygens (including phenoxy) is 1. The molecule has 0 radical (unpaired) electrons. The van der Waals surface area contributed by atoms with E-state index in [9.17, 15) is 33.5 Å². The lowest BCUT2D eigenvalue weighted by Gasteiger charge is -2.22. The quantitative estimate of drug-likeness (QED) is 0.142. The molecule has 206 valence electrons. The van der Waals surface area contributed by atoms with E-state index >= 15 is 0 Å². The van der Waals surface area contributed by atoms with E-state index in [2.05, 4.69) is 20.6 Å². The average molecular weight is 593 g/mol. The maximum atomic E-state index is 13.2. The maximum absolute atomic E-state index is 13.2. The molecule has 1 amide bonds. The van der Waals surface area contributed by atoms with Crippen LogP contribution in [0, 0.1) is 0 Å². The van der Waals surface area contributed by atoms with Crippen LogP contribution in [0.25, 0.3) is 21.6 Å². The third-order valence-electron chi connectivity index (χ3n) is 5.37. The van der Waals surface area contributed by atoms with Gasteiger partial charge in [-0.25, -0.2) is 9.97 Å². The second-order valence-corrected chi connectivity index (χ2v) is 13.5. The number of thiophene rings is 1. The van der Waals surface area contributed by atoms with E-state index in [0.717, 1.165) is 0 Å². The number of nitrogens with zero attached hydrogens (tertiary/aromatic N) is 2. The Morgan fingerprint density at radius 2 is 1.64 bits per heavy atom. The molecule has 0 saturated heterocycles. The maximum Gasteiger partial charge on any atom is 0.360 e. The van der Waals surface area contributed by atoms with E-state index in [-0.39, 0.29) is 17.7 Å². The molecule has 15 heteroatoms. The summed E-state index contributed by atoms with van der Waals surface area (Å²) in [5.41, 5.74) is -0.946. The molecule has 0 unspecified atom stereocenters. The zero-order valence-electron chi connectivity index (χ0n) is 20.7. The van der Waals surface area contributed by atoms with Gasteiger partial charge >= 0.3 is 15.2 Å². The van der Waals surface area contributed by atoms with Gasteiger partial charge < -0.3 is 34.9 Å². The van der Waals surface area contributed by atoms with E-state index in [4.69, 9.17) is 4.74 Å². The molecule has 1 atom stereocenters. The van der Waals surface area contributed by atoms with Crippen LogP contribution >= 0.6 is 26.5 Å². The fraction of sp³-hybridized carbons (Fsp3) is 0.208. The van der Waals surface area contributed by atoms with Crippen LogP contribution < -0.4 is 10.6 Å². The fourth-order valence-electron chi connectivity index (χ4n) is 3.72. The lowest BCUT2D eigenvalue weighted by molar-refractivity contribution is -0.130. The monoisotopic (exact) mass is 592 g/mol. The number of fused-ring (bicyclic) bond motifs is 1. The molecule has 0 fully saturated rings. The van der Waals surface area contributed by atoms with Crippen molar-refractivity contribution in [3.63, 3.8) is 0 Å². The summed E-state index contributed by atoms with van der Waals surface area (Å²) in [4.78, 5) is 60.6. The molecule has 39 heavy (non-hydrogen) atoms. The molecule has 12 nitrogen and oxygen atoms in total. The molecular formula is C24H26N4O8P2S. The highest BCUT2D eigenvalue weighted by Gasteiger charge is 2.44. The Bertz CT molecular complexity index is 1550. The van der Waals surface area contributed by atoms with E-state index in [1.807, 2.05) is 32.0 Å². The van der Waals surface area contributed by atoms with Gasteiger partial charge in [0, 0.05) is 11.3 Å². The predicted molar refractivity (Wildman–Crippen MR) is 148 cm³/mol. The van der Waals surface area contributed by atoms with Crippen molar-refractivity contribution in [1.29, 1.82) is 0 Å². The molecule has 4 rings (SSSR count). The van der Waals surface area contributed by atoms with Crippen molar-refractivity contribution in [2.45, 2.75) is 31.6 Å². The molecule has 6 N–H and O–H groups in total. The topological polar surface area (TPSA) is 191 Å². The minimum absolute atomic E-state index is 0.108. The minimum atomic E-state index is -5.27. The van der Waals surface area contributed by atoms with Gasteiger partial charge in [0.2, 0.25) is 5.52 Å². The van der Waals surface area contributed by atoms with Gasteiger partial charge in [-0.1, -0.05) is 42.5 Å². The van der Waals surface area contributed by atoms with Crippen LogP contribution in [0.5, 0.6) is 0 Å². The largest absolute Gasteiger partial charge is 0.361 e. The Kier molecular flexibility index (Phi) is 8.65. The molecule has 0 aliphatic carbocycles. The van der Waals surface area contributed by atoms with Crippen molar-refractivity contribution in [3.05, 3.63) is 71.6 Å². The van der Waals surface area contributed by atoms with Crippen molar-refractivity contribution < 1.29 is 38.2 Å². The van der Waals surface area contributed by atoms with Crippen LogP contribution in [0.2, 0.25) is 0 Å². The average Bonchev–Trinajstić information content (AvgIpc) is 3.34. The van der Waals surface area contributed by atoms with Gasteiger partial charge in [0.25, 0.3) is 5.91 Å². The number of benzene rings is 2. The van der Waals surface area contributed by atoms with Gasteiger partial charge in [-0.3, -0.25) is 13.9 Å². The van der Waals surface area contributed by atoms with E-state index < -0.39 is 32.7 Å². The Labute approximate surface area is 227 Å². The highest BCUT2D eigenvalue weighted by atomic mass is 32.1. The summed E-state index contributed by atoms with van der Waals surface area (Å²) < 4.78 is 29.5. The van der Waals surface area contributed by atoms with Crippen molar-refractivity contribution in [3.8, 4) is 11.4 Å². The number of carbonyl (C=O) groups excluding carboxylic acids is 1. The first-order valence-corrected chi connectivity index (χ1v) is 15.8. The van der Waals surface area contributed by atoms with Gasteiger partial charge in [0.1, 0.15) is 10.6 Å². The highest BCUT2D eigenvalue weighted by Crippen LogP contribution is 2.59. The van der Waals surface area contributed by atoms with Crippen molar-refractivity contribution >= 4 is 54.2 Å². The Balaban J connectivity index is 1.67. The first-order chi connectivity index (χ1) is 18.3. The summed E-state index contributed by atoms with van der Waals surface area (Å²) in [5, 5.41) is 7.07. The summed E-state index contributed by atoms with van der Waals surface area (Å²) >= 11 is 1.21. The van der Waals surface area contributed by atoms with Crippen molar-refractivity contribution in [2.75, 3.05) is 10.6 Å². The first kappa shape index (κ1) is 29.0. The van der Waals surface area contributed by atoms with Crippen LogP contribution in [-0.2, 0) is 18.7 Å². The minimum Gasteiger partial charge on any atom is -0.361 e.